The minimum absolute atomic E-state index is 0.00930. The van der Waals surface area contributed by atoms with Gasteiger partial charge in [0.2, 0.25) is 0 Å². The molecule has 1 saturated heterocycles. The van der Waals surface area contributed by atoms with Gasteiger partial charge in [-0.3, -0.25) is 14.5 Å². The Bertz CT molecular complexity index is 1360. The fourth-order valence-corrected chi connectivity index (χ4v) is 4.48. The lowest BCUT2D eigenvalue weighted by Gasteiger charge is -2.26. The number of ether oxygens (including phenoxy) is 3. The van der Waals surface area contributed by atoms with E-state index < -0.39 is 17.7 Å². The molecule has 0 radical (unpaired) electrons. The second kappa shape index (κ2) is 11.4. The summed E-state index contributed by atoms with van der Waals surface area (Å²) < 4.78 is 16.6. The SMILES string of the molecule is CCc1ccc(C2/C(=C(\O)c3cccc(OCC(C)C)c3)C(=O)C(=O)N2c2ccc(OC)c(OC)c2)cc1. The van der Waals surface area contributed by atoms with E-state index in [2.05, 4.69) is 6.92 Å². The summed E-state index contributed by atoms with van der Waals surface area (Å²) in [6, 6.07) is 18.8. The van der Waals surface area contributed by atoms with Crippen LogP contribution in [0.25, 0.3) is 5.76 Å². The Kier molecular flexibility index (Phi) is 8.05. The smallest absolute Gasteiger partial charge is 0.300 e. The first kappa shape index (κ1) is 26.8. The standard InChI is InChI=1S/C31H33NO6/c1-6-20-10-12-21(13-11-20)28-27(29(33)22-8-7-9-24(16-22)38-18-19(2)3)30(34)31(35)32(28)23-14-15-25(36-4)26(17-23)37-5/h7-17,19,28,33H,6,18H2,1-5H3/b29-27+. The molecule has 1 N–H and O–H groups in total. The van der Waals surface area contributed by atoms with Gasteiger partial charge in [-0.2, -0.15) is 0 Å². The molecule has 0 aromatic heterocycles. The summed E-state index contributed by atoms with van der Waals surface area (Å²) in [6.07, 6.45) is 0.847. The monoisotopic (exact) mass is 515 g/mol. The average molecular weight is 516 g/mol. The number of anilines is 1. The molecular weight excluding hydrogens is 482 g/mol. The van der Waals surface area contributed by atoms with Crippen molar-refractivity contribution in [3.63, 3.8) is 0 Å². The number of hydrogen-bond donors (Lipinski definition) is 1. The largest absolute Gasteiger partial charge is 0.507 e. The highest BCUT2D eigenvalue weighted by Gasteiger charge is 2.47. The molecule has 0 saturated carbocycles. The van der Waals surface area contributed by atoms with Crippen molar-refractivity contribution in [1.29, 1.82) is 0 Å². The van der Waals surface area contributed by atoms with Crippen LogP contribution in [0.15, 0.2) is 72.3 Å². The number of nitrogens with zero attached hydrogens (tertiary/aromatic N) is 1. The number of carbonyl (C=O) groups is 2. The van der Waals surface area contributed by atoms with Crippen LogP contribution in [0.5, 0.6) is 17.2 Å². The van der Waals surface area contributed by atoms with Crippen molar-refractivity contribution in [2.75, 3.05) is 25.7 Å². The first-order valence-electron chi connectivity index (χ1n) is 12.6. The van der Waals surface area contributed by atoms with Crippen LogP contribution in [-0.2, 0) is 16.0 Å². The Morgan fingerprint density at radius 1 is 0.947 bits per heavy atom. The number of aliphatic hydroxyl groups excluding tert-OH is 1. The quantitative estimate of drug-likeness (QED) is 0.216. The van der Waals surface area contributed by atoms with E-state index >= 15 is 0 Å². The predicted octanol–water partition coefficient (Wildman–Crippen LogP) is 5.93. The third-order valence-corrected chi connectivity index (χ3v) is 6.48. The lowest BCUT2D eigenvalue weighted by atomic mass is 9.94. The van der Waals surface area contributed by atoms with Gasteiger partial charge in [-0.15, -0.1) is 0 Å². The van der Waals surface area contributed by atoms with Crippen LogP contribution in [0, 0.1) is 5.92 Å². The molecule has 3 aromatic carbocycles. The van der Waals surface area contributed by atoms with Crippen LogP contribution >= 0.6 is 0 Å². The number of rotatable bonds is 9. The van der Waals surface area contributed by atoms with E-state index in [0.29, 0.717) is 46.6 Å². The van der Waals surface area contributed by atoms with Crippen LogP contribution in [0.3, 0.4) is 0 Å². The second-order valence-corrected chi connectivity index (χ2v) is 9.54. The summed E-state index contributed by atoms with van der Waals surface area (Å²) in [6.45, 7) is 6.66. The van der Waals surface area contributed by atoms with E-state index in [-0.39, 0.29) is 11.3 Å². The molecule has 0 bridgehead atoms. The molecule has 1 atom stereocenters. The number of aliphatic hydroxyl groups is 1. The molecule has 198 valence electrons. The normalized spacial score (nSPS) is 16.7. The Balaban J connectivity index is 1.88. The zero-order chi connectivity index (χ0) is 27.4. The third-order valence-electron chi connectivity index (χ3n) is 6.48. The summed E-state index contributed by atoms with van der Waals surface area (Å²) in [5.41, 5.74) is 2.67. The van der Waals surface area contributed by atoms with Gasteiger partial charge in [-0.1, -0.05) is 57.2 Å². The van der Waals surface area contributed by atoms with Crippen LogP contribution in [0.4, 0.5) is 5.69 Å². The van der Waals surface area contributed by atoms with Crippen molar-refractivity contribution in [1.82, 2.24) is 0 Å². The van der Waals surface area contributed by atoms with Gasteiger partial charge in [-0.05, 0) is 47.7 Å². The van der Waals surface area contributed by atoms with Crippen molar-refractivity contribution >= 4 is 23.1 Å². The van der Waals surface area contributed by atoms with Gasteiger partial charge >= 0.3 is 0 Å². The summed E-state index contributed by atoms with van der Waals surface area (Å²) in [5.74, 6) is 0.0413. The molecule has 1 unspecified atom stereocenters. The summed E-state index contributed by atoms with van der Waals surface area (Å²) in [7, 11) is 3.03. The number of methoxy groups -OCH3 is 2. The van der Waals surface area contributed by atoms with Gasteiger partial charge in [0.15, 0.2) is 11.5 Å². The number of benzene rings is 3. The van der Waals surface area contributed by atoms with E-state index in [1.54, 1.807) is 42.5 Å². The number of aryl methyl sites for hydroxylation is 1. The predicted molar refractivity (Wildman–Crippen MR) is 147 cm³/mol. The van der Waals surface area contributed by atoms with Crippen LogP contribution in [0.1, 0.15) is 43.5 Å². The minimum Gasteiger partial charge on any atom is -0.507 e. The lowest BCUT2D eigenvalue weighted by Crippen LogP contribution is -2.29. The Morgan fingerprint density at radius 2 is 1.66 bits per heavy atom. The summed E-state index contributed by atoms with van der Waals surface area (Å²) in [4.78, 5) is 28.4. The molecular formula is C31H33NO6. The Morgan fingerprint density at radius 3 is 2.29 bits per heavy atom. The fraction of sp³-hybridized carbons (Fsp3) is 0.290. The first-order valence-corrected chi connectivity index (χ1v) is 12.6. The van der Waals surface area contributed by atoms with Gasteiger partial charge in [0, 0.05) is 17.3 Å². The topological polar surface area (TPSA) is 85.3 Å². The van der Waals surface area contributed by atoms with Crippen LogP contribution in [0.2, 0.25) is 0 Å². The highest BCUT2D eigenvalue weighted by Crippen LogP contribution is 2.44. The molecule has 1 aliphatic rings. The average Bonchev–Trinajstić information content (AvgIpc) is 3.21. The number of amides is 1. The first-order chi connectivity index (χ1) is 18.3. The van der Waals surface area contributed by atoms with Crippen LogP contribution in [-0.4, -0.2) is 37.6 Å². The zero-order valence-electron chi connectivity index (χ0n) is 22.4. The van der Waals surface area contributed by atoms with Crippen molar-refractivity contribution in [2.24, 2.45) is 5.92 Å². The highest BCUT2D eigenvalue weighted by molar-refractivity contribution is 6.51. The van der Waals surface area contributed by atoms with Crippen molar-refractivity contribution in [3.05, 3.63) is 89.0 Å². The summed E-state index contributed by atoms with van der Waals surface area (Å²) >= 11 is 0. The molecule has 38 heavy (non-hydrogen) atoms. The molecule has 7 nitrogen and oxygen atoms in total. The van der Waals surface area contributed by atoms with Gasteiger partial charge in [0.05, 0.1) is 32.4 Å². The maximum Gasteiger partial charge on any atom is 0.300 e. The molecule has 1 amide bonds. The number of Topliss-reactive ketones (excluding diaryl/α,β-unsaturated/α-hetero) is 1. The van der Waals surface area contributed by atoms with Crippen molar-refractivity contribution in [2.45, 2.75) is 33.2 Å². The Labute approximate surface area is 223 Å². The third kappa shape index (κ3) is 5.23. The number of carbonyl (C=O) groups excluding carboxylic acids is 2. The maximum atomic E-state index is 13.5. The highest BCUT2D eigenvalue weighted by atomic mass is 16.5. The molecule has 1 heterocycles. The Hall–Kier alpha value is -4.26. The van der Waals surface area contributed by atoms with E-state index in [0.717, 1.165) is 12.0 Å². The van der Waals surface area contributed by atoms with Crippen molar-refractivity contribution < 1.29 is 28.9 Å². The molecule has 0 spiro atoms. The fourth-order valence-electron chi connectivity index (χ4n) is 4.48. The van der Waals surface area contributed by atoms with Gasteiger partial charge in [-0.25, -0.2) is 0 Å². The molecule has 3 aromatic rings. The van der Waals surface area contributed by atoms with E-state index in [9.17, 15) is 14.7 Å². The molecule has 4 rings (SSSR count). The van der Waals surface area contributed by atoms with Crippen LogP contribution < -0.4 is 19.1 Å². The second-order valence-electron chi connectivity index (χ2n) is 9.54. The van der Waals surface area contributed by atoms with Gasteiger partial charge in [0.1, 0.15) is 11.5 Å². The number of hydrogen-bond acceptors (Lipinski definition) is 6. The maximum absolute atomic E-state index is 13.5. The van der Waals surface area contributed by atoms with E-state index in [1.807, 2.05) is 38.1 Å². The van der Waals surface area contributed by atoms with Gasteiger partial charge < -0.3 is 19.3 Å². The molecule has 7 heteroatoms. The number of ketones is 1. The zero-order valence-corrected chi connectivity index (χ0v) is 22.4. The van der Waals surface area contributed by atoms with Gasteiger partial charge in [0.25, 0.3) is 11.7 Å². The minimum atomic E-state index is -0.848. The van der Waals surface area contributed by atoms with E-state index in [4.69, 9.17) is 14.2 Å². The lowest BCUT2D eigenvalue weighted by molar-refractivity contribution is -0.132. The molecule has 0 aliphatic carbocycles. The molecule has 1 fully saturated rings. The molecule has 1 aliphatic heterocycles. The van der Waals surface area contributed by atoms with E-state index in [1.165, 1.54) is 19.1 Å². The summed E-state index contributed by atoms with van der Waals surface area (Å²) in [5, 5.41) is 11.5. The van der Waals surface area contributed by atoms with Crippen molar-refractivity contribution in [3.8, 4) is 17.2 Å².